The molecule has 1 fully saturated rings. The average molecular weight is 533 g/mol. The van der Waals surface area contributed by atoms with Gasteiger partial charge in [0.05, 0.1) is 11.3 Å². The van der Waals surface area contributed by atoms with E-state index in [9.17, 15) is 8.42 Å². The lowest BCUT2D eigenvalue weighted by Gasteiger charge is -2.31. The van der Waals surface area contributed by atoms with Crippen LogP contribution >= 0.6 is 23.2 Å². The van der Waals surface area contributed by atoms with Gasteiger partial charge >= 0.3 is 0 Å². The zero-order valence-corrected chi connectivity index (χ0v) is 21.8. The van der Waals surface area contributed by atoms with E-state index in [2.05, 4.69) is 21.9 Å². The number of hydrogen-bond acceptors (Lipinski definition) is 6. The summed E-state index contributed by atoms with van der Waals surface area (Å²) in [5, 5.41) is 4.54. The minimum absolute atomic E-state index is 0.110. The molecule has 0 amide bonds. The van der Waals surface area contributed by atoms with Crippen molar-refractivity contribution in [2.45, 2.75) is 25.8 Å². The summed E-state index contributed by atoms with van der Waals surface area (Å²) in [6.07, 6.45) is 9.55. The molecule has 0 bridgehead atoms. The molecule has 0 radical (unpaired) electrons. The third kappa shape index (κ3) is 5.59. The van der Waals surface area contributed by atoms with E-state index in [0.29, 0.717) is 51.6 Å². The van der Waals surface area contributed by atoms with Gasteiger partial charge < -0.3 is 5.32 Å². The molecule has 2 aromatic heterocycles. The van der Waals surface area contributed by atoms with Crippen LogP contribution in [0.5, 0.6) is 0 Å². The van der Waals surface area contributed by atoms with Crippen molar-refractivity contribution in [1.82, 2.24) is 23.8 Å². The van der Waals surface area contributed by atoms with Crippen LogP contribution in [-0.4, -0.2) is 57.6 Å². The Hall–Kier alpha value is -2.72. The molecule has 3 aromatic rings. The van der Waals surface area contributed by atoms with E-state index < -0.39 is 10.0 Å². The maximum absolute atomic E-state index is 12.1. The molecule has 0 spiro atoms. The van der Waals surface area contributed by atoms with Crippen LogP contribution in [0.15, 0.2) is 60.4 Å². The quantitative estimate of drug-likeness (QED) is 0.422. The van der Waals surface area contributed by atoms with Crippen molar-refractivity contribution in [2.75, 3.05) is 24.7 Å². The molecule has 1 unspecified atom stereocenters. The second-order valence-corrected chi connectivity index (χ2v) is 11.3. The van der Waals surface area contributed by atoms with Gasteiger partial charge in [0.2, 0.25) is 10.0 Å². The predicted octanol–water partition coefficient (Wildman–Crippen LogP) is 5.15. The molecular formula is C24H26Cl2N6O2S. The van der Waals surface area contributed by atoms with E-state index in [1.807, 2.05) is 28.8 Å². The van der Waals surface area contributed by atoms with Gasteiger partial charge in [-0.3, -0.25) is 4.57 Å². The Morgan fingerprint density at radius 1 is 1.26 bits per heavy atom. The summed E-state index contributed by atoms with van der Waals surface area (Å²) in [6.45, 7) is 6.63. The van der Waals surface area contributed by atoms with E-state index in [1.165, 1.54) is 16.9 Å². The first-order valence-corrected chi connectivity index (χ1v) is 13.7. The van der Waals surface area contributed by atoms with E-state index >= 15 is 0 Å². The van der Waals surface area contributed by atoms with Crippen molar-refractivity contribution in [1.29, 1.82) is 0 Å². The molecule has 8 nitrogen and oxygen atoms in total. The number of nitrogens with one attached hydrogen (secondary N) is 1. The van der Waals surface area contributed by atoms with E-state index in [-0.39, 0.29) is 6.04 Å². The Morgan fingerprint density at radius 3 is 2.71 bits per heavy atom. The van der Waals surface area contributed by atoms with Crippen molar-refractivity contribution in [2.24, 2.45) is 0 Å². The summed E-state index contributed by atoms with van der Waals surface area (Å²) in [7, 11) is -3.27. The fourth-order valence-corrected chi connectivity index (χ4v) is 5.25. The Balaban J connectivity index is 1.86. The van der Waals surface area contributed by atoms with Crippen LogP contribution in [0.3, 0.4) is 0 Å². The van der Waals surface area contributed by atoms with Crippen molar-refractivity contribution in [3.63, 3.8) is 0 Å². The number of rotatable bonds is 7. The minimum atomic E-state index is -3.27. The van der Waals surface area contributed by atoms with Gasteiger partial charge in [0.25, 0.3) is 0 Å². The molecular weight excluding hydrogens is 507 g/mol. The number of halogens is 2. The fraction of sp³-hybridized carbons (Fsp3) is 0.292. The van der Waals surface area contributed by atoms with Gasteiger partial charge in [-0.2, -0.15) is 0 Å². The Bertz CT molecular complexity index is 1430. The highest BCUT2D eigenvalue weighted by molar-refractivity contribution is 7.88. The third-order valence-electron chi connectivity index (χ3n) is 5.70. The SMILES string of the molecule is C=C/C(=C\C=C(/C)Cl)n1c(-c2ccccc2Cl)nc2c(NC3CCCN(S(C)(=O)=O)C3)ncnc21. The number of allylic oxidation sites excluding steroid dienone is 5. The monoisotopic (exact) mass is 532 g/mol. The standard InChI is InChI=1S/C24H26Cl2N6O2S/c1-4-18(12-11-16(2)25)32-23(19-9-5-6-10-20(19)26)30-21-22(27-15-28-24(21)32)29-17-8-7-13-31(14-17)35(3,33)34/h4-6,9-12,15,17H,1,7-8,13-14H2,2-3H3,(H,27,28,29)/b16-11+,18-12+. The molecule has 4 rings (SSSR count). The molecule has 1 aliphatic rings. The molecule has 0 aliphatic carbocycles. The van der Waals surface area contributed by atoms with Crippen LogP contribution in [0.2, 0.25) is 5.02 Å². The number of nitrogens with zero attached hydrogens (tertiary/aromatic N) is 5. The lowest BCUT2D eigenvalue weighted by Crippen LogP contribution is -2.44. The summed E-state index contributed by atoms with van der Waals surface area (Å²) in [4.78, 5) is 13.8. The van der Waals surface area contributed by atoms with Crippen LogP contribution in [0.1, 0.15) is 19.8 Å². The third-order valence-corrected chi connectivity index (χ3v) is 7.43. The second-order valence-electron chi connectivity index (χ2n) is 8.30. The lowest BCUT2D eigenvalue weighted by molar-refractivity contribution is 0.329. The van der Waals surface area contributed by atoms with Crippen LogP contribution in [-0.2, 0) is 10.0 Å². The summed E-state index contributed by atoms with van der Waals surface area (Å²) in [5.41, 5.74) is 2.52. The van der Waals surface area contributed by atoms with Crippen molar-refractivity contribution in [3.8, 4) is 11.4 Å². The van der Waals surface area contributed by atoms with Crippen molar-refractivity contribution < 1.29 is 8.42 Å². The number of benzene rings is 1. The highest BCUT2D eigenvalue weighted by Crippen LogP contribution is 2.34. The first-order chi connectivity index (χ1) is 16.7. The number of hydrogen-bond donors (Lipinski definition) is 1. The number of imidazole rings is 1. The maximum Gasteiger partial charge on any atom is 0.211 e. The van der Waals surface area contributed by atoms with Gasteiger partial charge in [-0.05, 0) is 50.1 Å². The smallest absolute Gasteiger partial charge is 0.211 e. The van der Waals surface area contributed by atoms with Gasteiger partial charge in [0.1, 0.15) is 12.2 Å². The van der Waals surface area contributed by atoms with Gasteiger partial charge in [0.15, 0.2) is 17.0 Å². The second kappa shape index (κ2) is 10.5. The first kappa shape index (κ1) is 25.4. The Kier molecular flexibility index (Phi) is 7.61. The fourth-order valence-electron chi connectivity index (χ4n) is 4.05. The van der Waals surface area contributed by atoms with Crippen molar-refractivity contribution >= 4 is 55.9 Å². The largest absolute Gasteiger partial charge is 0.364 e. The molecule has 184 valence electrons. The summed E-state index contributed by atoms with van der Waals surface area (Å²) in [5.74, 6) is 1.09. The van der Waals surface area contributed by atoms with E-state index in [4.69, 9.17) is 28.2 Å². The van der Waals surface area contributed by atoms with Crippen LogP contribution in [0.25, 0.3) is 28.2 Å². The minimum Gasteiger partial charge on any atom is -0.364 e. The van der Waals surface area contributed by atoms with Gasteiger partial charge in [-0.15, -0.1) is 0 Å². The number of aromatic nitrogens is 4. The number of sulfonamides is 1. The molecule has 1 aliphatic heterocycles. The van der Waals surface area contributed by atoms with E-state index in [1.54, 1.807) is 25.1 Å². The molecule has 0 saturated carbocycles. The molecule has 1 saturated heterocycles. The highest BCUT2D eigenvalue weighted by Gasteiger charge is 2.27. The zero-order chi connectivity index (χ0) is 25.2. The summed E-state index contributed by atoms with van der Waals surface area (Å²) >= 11 is 12.6. The molecule has 1 aromatic carbocycles. The number of anilines is 1. The summed E-state index contributed by atoms with van der Waals surface area (Å²) in [6, 6.07) is 7.31. The molecule has 1 atom stereocenters. The lowest BCUT2D eigenvalue weighted by atomic mass is 10.1. The first-order valence-electron chi connectivity index (χ1n) is 11.1. The highest BCUT2D eigenvalue weighted by atomic mass is 35.5. The Morgan fingerprint density at radius 2 is 2.03 bits per heavy atom. The normalized spacial score (nSPS) is 18.1. The van der Waals surface area contributed by atoms with Crippen molar-refractivity contribution in [3.05, 3.63) is 65.5 Å². The van der Waals surface area contributed by atoms with Gasteiger partial charge in [0, 0.05) is 35.4 Å². The van der Waals surface area contributed by atoms with Crippen LogP contribution in [0, 0.1) is 0 Å². The van der Waals surface area contributed by atoms with E-state index in [0.717, 1.165) is 18.4 Å². The van der Waals surface area contributed by atoms with Gasteiger partial charge in [-0.1, -0.05) is 41.9 Å². The molecule has 1 N–H and O–H groups in total. The Labute approximate surface area is 215 Å². The number of fused-ring (bicyclic) bond motifs is 1. The zero-order valence-electron chi connectivity index (χ0n) is 19.4. The van der Waals surface area contributed by atoms with Gasteiger partial charge in [-0.25, -0.2) is 27.7 Å². The topological polar surface area (TPSA) is 93.0 Å². The van der Waals surface area contributed by atoms with Crippen LogP contribution < -0.4 is 5.32 Å². The predicted molar refractivity (Wildman–Crippen MR) is 143 cm³/mol. The van der Waals surface area contributed by atoms with Crippen LogP contribution in [0.4, 0.5) is 5.82 Å². The summed E-state index contributed by atoms with van der Waals surface area (Å²) < 4.78 is 27.5. The average Bonchev–Trinajstić information content (AvgIpc) is 3.20. The number of piperidine rings is 1. The molecule has 11 heteroatoms. The molecule has 35 heavy (non-hydrogen) atoms. The maximum atomic E-state index is 12.1. The molecule has 3 heterocycles.